The second-order valence-corrected chi connectivity index (χ2v) is 3.17. The van der Waals surface area contributed by atoms with Crippen molar-refractivity contribution in [2.24, 2.45) is 11.7 Å². The van der Waals surface area contributed by atoms with Gasteiger partial charge in [0.1, 0.15) is 5.78 Å². The van der Waals surface area contributed by atoms with Crippen LogP contribution in [-0.2, 0) is 4.79 Å². The fourth-order valence-corrected chi connectivity index (χ4v) is 1.66. The molecule has 1 fully saturated rings. The average Bonchev–Trinajstić information content (AvgIpc) is 1.88. The Morgan fingerprint density at radius 2 is 2.00 bits per heavy atom. The molecule has 0 aromatic carbocycles. The number of carbonyl (C=O) groups excluding carboxylic acids is 1. The molecule has 2 nitrogen and oxygen atoms in total. The molecule has 0 bridgehead atoms. The molecule has 0 radical (unpaired) electrons. The molecule has 1 saturated carbocycles. The fourth-order valence-electron chi connectivity index (χ4n) is 1.66. The summed E-state index contributed by atoms with van der Waals surface area (Å²) in [6, 6.07) is 0.145. The summed E-state index contributed by atoms with van der Waals surface area (Å²) in [5.41, 5.74) is 5.76. The molecule has 1 unspecified atom stereocenters. The van der Waals surface area contributed by atoms with E-state index in [9.17, 15) is 4.79 Å². The maximum atomic E-state index is 10.9. The van der Waals surface area contributed by atoms with Gasteiger partial charge in [0.15, 0.2) is 0 Å². The molecule has 0 aromatic heterocycles. The Labute approximate surface area is 61.8 Å². The smallest absolute Gasteiger partial charge is 0.134 e. The van der Waals surface area contributed by atoms with Crippen molar-refractivity contribution >= 4 is 5.78 Å². The number of Topliss-reactive ketones (excluding diaryl/α,β-unsaturated/α-hetero) is 1. The molecule has 0 aromatic rings. The number of hydrogen-bond donors (Lipinski definition) is 1. The second kappa shape index (κ2) is 3.15. The molecule has 0 aliphatic heterocycles. The highest BCUT2D eigenvalue weighted by Crippen LogP contribution is 2.23. The maximum absolute atomic E-state index is 10.9. The molecule has 2 heteroatoms. The molecule has 2 N–H and O–H groups in total. The van der Waals surface area contributed by atoms with Crippen molar-refractivity contribution in [1.29, 1.82) is 0 Å². The van der Waals surface area contributed by atoms with E-state index in [1.54, 1.807) is 6.92 Å². The SMILES string of the molecule is CC(=O)[C@H]1CCCCC1N. The molecule has 1 rings (SSSR count). The first-order valence-corrected chi connectivity index (χ1v) is 3.98. The molecule has 0 spiro atoms. The van der Waals surface area contributed by atoms with E-state index in [4.69, 9.17) is 5.73 Å². The third-order valence-electron chi connectivity index (χ3n) is 2.34. The minimum Gasteiger partial charge on any atom is -0.327 e. The van der Waals surface area contributed by atoms with Crippen molar-refractivity contribution in [3.8, 4) is 0 Å². The average molecular weight is 141 g/mol. The van der Waals surface area contributed by atoms with Crippen LogP contribution in [0.1, 0.15) is 32.6 Å². The van der Waals surface area contributed by atoms with Crippen molar-refractivity contribution in [3.63, 3.8) is 0 Å². The Morgan fingerprint density at radius 3 is 2.40 bits per heavy atom. The van der Waals surface area contributed by atoms with Crippen LogP contribution in [0, 0.1) is 5.92 Å². The van der Waals surface area contributed by atoms with Crippen molar-refractivity contribution in [3.05, 3.63) is 0 Å². The molecule has 1 aliphatic carbocycles. The van der Waals surface area contributed by atoms with Crippen molar-refractivity contribution in [2.45, 2.75) is 38.6 Å². The summed E-state index contributed by atoms with van der Waals surface area (Å²) in [7, 11) is 0. The Balaban J connectivity index is 2.47. The van der Waals surface area contributed by atoms with E-state index in [1.807, 2.05) is 0 Å². The van der Waals surface area contributed by atoms with E-state index in [1.165, 1.54) is 12.8 Å². The molecule has 2 atom stereocenters. The van der Waals surface area contributed by atoms with Crippen molar-refractivity contribution in [2.75, 3.05) is 0 Å². The summed E-state index contributed by atoms with van der Waals surface area (Å²) in [6.45, 7) is 1.65. The van der Waals surface area contributed by atoms with Gasteiger partial charge in [-0.1, -0.05) is 12.8 Å². The fraction of sp³-hybridized carbons (Fsp3) is 0.875. The summed E-state index contributed by atoms with van der Waals surface area (Å²) in [6.07, 6.45) is 4.42. The zero-order valence-corrected chi connectivity index (χ0v) is 6.47. The standard InChI is InChI=1S/C8H15NO/c1-6(10)7-4-2-3-5-8(7)9/h7-8H,2-5,9H2,1H3/t7-,8?/m1/s1. The number of ketones is 1. The summed E-state index contributed by atoms with van der Waals surface area (Å²) in [5.74, 6) is 0.431. The van der Waals surface area contributed by atoms with Crippen LogP contribution in [-0.4, -0.2) is 11.8 Å². The largest absolute Gasteiger partial charge is 0.327 e. The first kappa shape index (κ1) is 7.73. The number of rotatable bonds is 1. The van der Waals surface area contributed by atoms with Crippen LogP contribution < -0.4 is 5.73 Å². The minimum atomic E-state index is 0.145. The third kappa shape index (κ3) is 1.57. The summed E-state index contributed by atoms with van der Waals surface area (Å²) in [4.78, 5) is 10.9. The van der Waals surface area contributed by atoms with Gasteiger partial charge in [-0.3, -0.25) is 4.79 Å². The first-order valence-electron chi connectivity index (χ1n) is 3.98. The van der Waals surface area contributed by atoms with Crippen LogP contribution in [0.3, 0.4) is 0 Å². The van der Waals surface area contributed by atoms with E-state index in [-0.39, 0.29) is 17.7 Å². The van der Waals surface area contributed by atoms with Gasteiger partial charge < -0.3 is 5.73 Å². The molecule has 58 valence electrons. The first-order chi connectivity index (χ1) is 4.72. The van der Waals surface area contributed by atoms with Crippen LogP contribution in [0.2, 0.25) is 0 Å². The Kier molecular flexibility index (Phi) is 2.44. The van der Waals surface area contributed by atoms with E-state index < -0.39 is 0 Å². The van der Waals surface area contributed by atoms with Gasteiger partial charge in [0, 0.05) is 12.0 Å². The van der Waals surface area contributed by atoms with Gasteiger partial charge in [0.2, 0.25) is 0 Å². The monoisotopic (exact) mass is 141 g/mol. The number of carbonyl (C=O) groups is 1. The van der Waals surface area contributed by atoms with Crippen LogP contribution >= 0.6 is 0 Å². The van der Waals surface area contributed by atoms with Gasteiger partial charge in [0.05, 0.1) is 0 Å². The minimum absolute atomic E-state index is 0.145. The predicted octanol–water partition coefficient (Wildman–Crippen LogP) is 1.09. The van der Waals surface area contributed by atoms with Crippen LogP contribution in [0.4, 0.5) is 0 Å². The van der Waals surface area contributed by atoms with E-state index in [0.717, 1.165) is 12.8 Å². The van der Waals surface area contributed by atoms with E-state index in [0.29, 0.717) is 0 Å². The summed E-state index contributed by atoms with van der Waals surface area (Å²) >= 11 is 0. The lowest BCUT2D eigenvalue weighted by molar-refractivity contribution is -0.122. The van der Waals surface area contributed by atoms with Crippen molar-refractivity contribution < 1.29 is 4.79 Å². The van der Waals surface area contributed by atoms with Gasteiger partial charge in [-0.05, 0) is 19.8 Å². The van der Waals surface area contributed by atoms with Crippen LogP contribution in [0.15, 0.2) is 0 Å². The Hall–Kier alpha value is -0.370. The number of nitrogens with two attached hydrogens (primary N) is 1. The Bertz CT molecular complexity index is 133. The van der Waals surface area contributed by atoms with Crippen LogP contribution in [0.5, 0.6) is 0 Å². The summed E-state index contributed by atoms with van der Waals surface area (Å²) < 4.78 is 0. The highest BCUT2D eigenvalue weighted by atomic mass is 16.1. The van der Waals surface area contributed by atoms with Gasteiger partial charge in [-0.15, -0.1) is 0 Å². The highest BCUT2D eigenvalue weighted by molar-refractivity contribution is 5.79. The summed E-state index contributed by atoms with van der Waals surface area (Å²) in [5, 5.41) is 0. The van der Waals surface area contributed by atoms with Gasteiger partial charge in [0.25, 0.3) is 0 Å². The molecule has 0 amide bonds. The highest BCUT2D eigenvalue weighted by Gasteiger charge is 2.24. The lowest BCUT2D eigenvalue weighted by Crippen LogP contribution is -2.36. The quantitative estimate of drug-likeness (QED) is 0.594. The number of hydrogen-bond acceptors (Lipinski definition) is 2. The van der Waals surface area contributed by atoms with E-state index in [2.05, 4.69) is 0 Å². The maximum Gasteiger partial charge on any atom is 0.134 e. The molecule has 10 heavy (non-hydrogen) atoms. The zero-order valence-electron chi connectivity index (χ0n) is 6.47. The van der Waals surface area contributed by atoms with Gasteiger partial charge in [-0.25, -0.2) is 0 Å². The second-order valence-electron chi connectivity index (χ2n) is 3.17. The normalized spacial score (nSPS) is 33.8. The molecular formula is C8H15NO. The van der Waals surface area contributed by atoms with E-state index >= 15 is 0 Å². The lowest BCUT2D eigenvalue weighted by Gasteiger charge is -2.25. The zero-order chi connectivity index (χ0) is 7.56. The third-order valence-corrected chi connectivity index (χ3v) is 2.34. The Morgan fingerprint density at radius 1 is 1.40 bits per heavy atom. The lowest BCUT2D eigenvalue weighted by atomic mass is 9.83. The molecule has 1 aliphatic rings. The van der Waals surface area contributed by atoms with Gasteiger partial charge >= 0.3 is 0 Å². The molecule has 0 heterocycles. The molecular weight excluding hydrogens is 126 g/mol. The van der Waals surface area contributed by atoms with Gasteiger partial charge in [-0.2, -0.15) is 0 Å². The van der Waals surface area contributed by atoms with Crippen molar-refractivity contribution in [1.82, 2.24) is 0 Å². The molecule has 0 saturated heterocycles. The van der Waals surface area contributed by atoms with Crippen LogP contribution in [0.25, 0.3) is 0 Å². The predicted molar refractivity (Wildman–Crippen MR) is 40.6 cm³/mol. The topological polar surface area (TPSA) is 43.1 Å².